The molecule has 0 aliphatic carbocycles. The summed E-state index contributed by atoms with van der Waals surface area (Å²) in [5, 5.41) is 9.08. The van der Waals surface area contributed by atoms with Gasteiger partial charge in [-0.2, -0.15) is 0 Å². The molecule has 0 saturated heterocycles. The Morgan fingerprint density at radius 1 is 0.667 bits per heavy atom. The first-order valence-electron chi connectivity index (χ1n) is 8.36. The quantitative estimate of drug-likeness (QED) is 0.480. The maximum Gasteiger partial charge on any atom is 0.223 e. The summed E-state index contributed by atoms with van der Waals surface area (Å²) in [5.41, 5.74) is 0. The number of carbonyl (C=O) groups excluding carboxylic acids is 2. The number of amides is 2. The summed E-state index contributed by atoms with van der Waals surface area (Å²) >= 11 is 0. The molecule has 21 heavy (non-hydrogen) atoms. The van der Waals surface area contributed by atoms with Crippen LogP contribution in [0.25, 0.3) is 0 Å². The predicted molar refractivity (Wildman–Crippen MR) is 87.0 cm³/mol. The van der Waals surface area contributed by atoms with Crippen molar-refractivity contribution < 1.29 is 9.59 Å². The number of nitrogens with one attached hydrogen (secondary N) is 3. The zero-order chi connectivity index (χ0) is 16.1. The van der Waals surface area contributed by atoms with Crippen molar-refractivity contribution in [1.82, 2.24) is 16.0 Å². The van der Waals surface area contributed by atoms with Crippen LogP contribution in [0.5, 0.6) is 0 Å². The molecular weight excluding hydrogens is 266 g/mol. The van der Waals surface area contributed by atoms with Gasteiger partial charge >= 0.3 is 0 Å². The summed E-state index contributed by atoms with van der Waals surface area (Å²) in [4.78, 5) is 23.5. The molecule has 2 amide bonds. The lowest BCUT2D eigenvalue weighted by atomic mass is 10.0. The van der Waals surface area contributed by atoms with Crippen LogP contribution < -0.4 is 16.0 Å². The Morgan fingerprint density at radius 2 is 1.00 bits per heavy atom. The van der Waals surface area contributed by atoms with E-state index in [9.17, 15) is 9.59 Å². The van der Waals surface area contributed by atoms with Crippen LogP contribution in [0.15, 0.2) is 0 Å². The van der Waals surface area contributed by atoms with E-state index in [-0.39, 0.29) is 23.7 Å². The van der Waals surface area contributed by atoms with Crippen LogP contribution >= 0.6 is 0 Å². The van der Waals surface area contributed by atoms with Crippen molar-refractivity contribution in [3.05, 3.63) is 0 Å². The SMILES string of the molecule is CCC(CC)C(=O)NCCNCCNC(=O)C(CC)CC. The molecule has 0 bridgehead atoms. The fourth-order valence-electron chi connectivity index (χ4n) is 2.28. The summed E-state index contributed by atoms with van der Waals surface area (Å²) in [6, 6.07) is 0. The van der Waals surface area contributed by atoms with Gasteiger partial charge in [-0.25, -0.2) is 0 Å². The molecule has 0 spiro atoms. The Balaban J connectivity index is 3.57. The highest BCUT2D eigenvalue weighted by molar-refractivity contribution is 5.78. The van der Waals surface area contributed by atoms with E-state index in [4.69, 9.17) is 0 Å². The third-order valence-electron chi connectivity index (χ3n) is 3.91. The van der Waals surface area contributed by atoms with Crippen LogP contribution in [-0.4, -0.2) is 38.0 Å². The monoisotopic (exact) mass is 299 g/mol. The predicted octanol–water partition coefficient (Wildman–Crippen LogP) is 1.68. The van der Waals surface area contributed by atoms with Crippen LogP contribution in [0.2, 0.25) is 0 Å². The van der Waals surface area contributed by atoms with Crippen molar-refractivity contribution in [3.63, 3.8) is 0 Å². The number of hydrogen-bond acceptors (Lipinski definition) is 3. The molecule has 124 valence electrons. The van der Waals surface area contributed by atoms with E-state index in [2.05, 4.69) is 16.0 Å². The van der Waals surface area contributed by atoms with Crippen molar-refractivity contribution in [1.29, 1.82) is 0 Å². The molecule has 0 saturated carbocycles. The second kappa shape index (κ2) is 12.6. The Kier molecular flexibility index (Phi) is 12.0. The molecule has 5 heteroatoms. The summed E-state index contributed by atoms with van der Waals surface area (Å²) in [7, 11) is 0. The maximum absolute atomic E-state index is 11.7. The van der Waals surface area contributed by atoms with E-state index in [1.807, 2.05) is 27.7 Å². The van der Waals surface area contributed by atoms with E-state index in [0.717, 1.165) is 38.8 Å². The van der Waals surface area contributed by atoms with Gasteiger partial charge in [0.25, 0.3) is 0 Å². The largest absolute Gasteiger partial charge is 0.355 e. The van der Waals surface area contributed by atoms with Gasteiger partial charge in [-0.1, -0.05) is 27.7 Å². The van der Waals surface area contributed by atoms with Gasteiger partial charge in [0, 0.05) is 38.0 Å². The molecule has 0 radical (unpaired) electrons. The molecule has 0 atom stereocenters. The molecule has 0 aliphatic rings. The van der Waals surface area contributed by atoms with E-state index >= 15 is 0 Å². The molecule has 0 rings (SSSR count). The van der Waals surface area contributed by atoms with Crippen LogP contribution in [0.1, 0.15) is 53.4 Å². The molecule has 0 fully saturated rings. The van der Waals surface area contributed by atoms with E-state index in [0.29, 0.717) is 13.1 Å². The molecule has 0 aromatic rings. The van der Waals surface area contributed by atoms with Crippen LogP contribution in [-0.2, 0) is 9.59 Å². The zero-order valence-electron chi connectivity index (χ0n) is 14.1. The fourth-order valence-corrected chi connectivity index (χ4v) is 2.28. The van der Waals surface area contributed by atoms with E-state index in [1.165, 1.54) is 0 Å². The minimum Gasteiger partial charge on any atom is -0.355 e. The summed E-state index contributed by atoms with van der Waals surface area (Å²) < 4.78 is 0. The third-order valence-corrected chi connectivity index (χ3v) is 3.91. The minimum absolute atomic E-state index is 0.129. The van der Waals surface area contributed by atoms with Crippen molar-refractivity contribution in [2.45, 2.75) is 53.4 Å². The first-order chi connectivity index (χ1) is 10.1. The molecule has 0 aliphatic heterocycles. The van der Waals surface area contributed by atoms with Crippen molar-refractivity contribution in [2.75, 3.05) is 26.2 Å². The van der Waals surface area contributed by atoms with Gasteiger partial charge in [0.2, 0.25) is 11.8 Å². The molecule has 0 aromatic heterocycles. The van der Waals surface area contributed by atoms with Gasteiger partial charge in [0.15, 0.2) is 0 Å². The van der Waals surface area contributed by atoms with Gasteiger partial charge in [-0.15, -0.1) is 0 Å². The minimum atomic E-state index is 0.129. The maximum atomic E-state index is 11.7. The average molecular weight is 299 g/mol. The third kappa shape index (κ3) is 8.71. The Bertz CT molecular complexity index is 259. The highest BCUT2D eigenvalue weighted by Gasteiger charge is 2.13. The van der Waals surface area contributed by atoms with Gasteiger partial charge in [0.05, 0.1) is 0 Å². The van der Waals surface area contributed by atoms with Gasteiger partial charge in [0.1, 0.15) is 0 Å². The first-order valence-corrected chi connectivity index (χ1v) is 8.36. The van der Waals surface area contributed by atoms with Gasteiger partial charge in [-0.05, 0) is 25.7 Å². The topological polar surface area (TPSA) is 70.2 Å². The summed E-state index contributed by atoms with van der Waals surface area (Å²) in [6.07, 6.45) is 3.55. The smallest absolute Gasteiger partial charge is 0.223 e. The first kappa shape index (κ1) is 19.9. The second-order valence-corrected chi connectivity index (χ2v) is 5.36. The highest BCUT2D eigenvalue weighted by Crippen LogP contribution is 2.07. The average Bonchev–Trinajstić information content (AvgIpc) is 2.48. The van der Waals surface area contributed by atoms with Crippen molar-refractivity contribution >= 4 is 11.8 Å². The number of hydrogen-bond donors (Lipinski definition) is 3. The molecule has 3 N–H and O–H groups in total. The Labute approximate surface area is 129 Å². The Morgan fingerprint density at radius 3 is 1.29 bits per heavy atom. The normalized spacial score (nSPS) is 11.0. The molecule has 0 unspecified atom stereocenters. The summed E-state index contributed by atoms with van der Waals surface area (Å²) in [5.74, 6) is 0.543. The van der Waals surface area contributed by atoms with Gasteiger partial charge < -0.3 is 16.0 Å². The lowest BCUT2D eigenvalue weighted by Crippen LogP contribution is -2.39. The molecular formula is C16H33N3O2. The fraction of sp³-hybridized carbons (Fsp3) is 0.875. The van der Waals surface area contributed by atoms with Crippen LogP contribution in [0.4, 0.5) is 0 Å². The summed E-state index contributed by atoms with van der Waals surface area (Å²) in [6.45, 7) is 10.9. The standard InChI is InChI=1S/C16H33N3O2/c1-5-13(6-2)15(20)18-11-9-17-10-12-19-16(21)14(7-3)8-4/h13-14,17H,5-12H2,1-4H3,(H,18,20)(H,19,21). The lowest BCUT2D eigenvalue weighted by molar-refractivity contribution is -0.125. The highest BCUT2D eigenvalue weighted by atomic mass is 16.2. The van der Waals surface area contributed by atoms with Crippen molar-refractivity contribution in [2.24, 2.45) is 11.8 Å². The number of carbonyl (C=O) groups is 2. The molecule has 0 heterocycles. The lowest BCUT2D eigenvalue weighted by Gasteiger charge is -2.14. The zero-order valence-corrected chi connectivity index (χ0v) is 14.1. The van der Waals surface area contributed by atoms with E-state index in [1.54, 1.807) is 0 Å². The van der Waals surface area contributed by atoms with Crippen molar-refractivity contribution in [3.8, 4) is 0 Å². The second-order valence-electron chi connectivity index (χ2n) is 5.36. The molecule has 0 aromatic carbocycles. The van der Waals surface area contributed by atoms with Crippen LogP contribution in [0.3, 0.4) is 0 Å². The van der Waals surface area contributed by atoms with Crippen LogP contribution in [0, 0.1) is 11.8 Å². The van der Waals surface area contributed by atoms with Gasteiger partial charge in [-0.3, -0.25) is 9.59 Å². The Hall–Kier alpha value is -1.10. The number of rotatable bonds is 12. The molecule has 5 nitrogen and oxygen atoms in total. The van der Waals surface area contributed by atoms with E-state index < -0.39 is 0 Å².